The van der Waals surface area contributed by atoms with Gasteiger partial charge in [-0.2, -0.15) is 0 Å². The molecule has 0 saturated carbocycles. The molecular formula is C14H18N2O3. The fourth-order valence-corrected chi connectivity index (χ4v) is 1.54. The molecule has 0 spiro atoms. The Hall–Kier alpha value is -2.17. The third-order valence-corrected chi connectivity index (χ3v) is 2.45. The van der Waals surface area contributed by atoms with E-state index in [1.165, 1.54) is 12.3 Å². The van der Waals surface area contributed by atoms with Crippen LogP contribution in [0.1, 0.15) is 30.1 Å². The van der Waals surface area contributed by atoms with Crippen molar-refractivity contribution in [3.05, 3.63) is 36.7 Å². The van der Waals surface area contributed by atoms with Crippen LogP contribution in [0, 0.1) is 0 Å². The summed E-state index contributed by atoms with van der Waals surface area (Å²) in [5.74, 6) is -0.387. The lowest BCUT2D eigenvalue weighted by atomic mass is 10.1. The fourth-order valence-electron chi connectivity index (χ4n) is 1.54. The summed E-state index contributed by atoms with van der Waals surface area (Å²) in [6.45, 7) is 6.21. The predicted molar refractivity (Wildman–Crippen MR) is 73.1 cm³/mol. The Kier molecular flexibility index (Phi) is 6.29. The number of hydrogen-bond acceptors (Lipinski definition) is 5. The lowest BCUT2D eigenvalue weighted by Gasteiger charge is -2.09. The molecule has 0 radical (unpaired) electrons. The van der Waals surface area contributed by atoms with E-state index < -0.39 is 0 Å². The number of hydrogen-bond donors (Lipinski definition) is 1. The van der Waals surface area contributed by atoms with E-state index in [9.17, 15) is 9.59 Å². The van der Waals surface area contributed by atoms with Crippen molar-refractivity contribution >= 4 is 17.4 Å². The minimum absolute atomic E-state index is 0.180. The van der Waals surface area contributed by atoms with Gasteiger partial charge in [-0.05, 0) is 25.5 Å². The Morgan fingerprint density at radius 3 is 3.00 bits per heavy atom. The maximum Gasteiger partial charge on any atom is 0.305 e. The molecule has 0 atom stereocenters. The Morgan fingerprint density at radius 2 is 2.32 bits per heavy atom. The van der Waals surface area contributed by atoms with Crippen LogP contribution in [0.15, 0.2) is 31.1 Å². The molecule has 0 saturated heterocycles. The summed E-state index contributed by atoms with van der Waals surface area (Å²) < 4.78 is 4.83. The van der Waals surface area contributed by atoms with Gasteiger partial charge in [-0.3, -0.25) is 14.6 Å². The van der Waals surface area contributed by atoms with Crippen LogP contribution >= 0.6 is 0 Å². The smallest absolute Gasteiger partial charge is 0.305 e. The summed E-state index contributed by atoms with van der Waals surface area (Å²) in [6, 6.07) is 1.72. The molecule has 0 aromatic carbocycles. The zero-order chi connectivity index (χ0) is 14.1. The molecule has 0 fully saturated rings. The van der Waals surface area contributed by atoms with Crippen molar-refractivity contribution in [3.63, 3.8) is 0 Å². The van der Waals surface area contributed by atoms with E-state index in [0.717, 1.165) is 0 Å². The number of anilines is 1. The quantitative estimate of drug-likeness (QED) is 0.337. The van der Waals surface area contributed by atoms with Crippen LogP contribution in [0.2, 0.25) is 0 Å². The molecule has 19 heavy (non-hydrogen) atoms. The van der Waals surface area contributed by atoms with Gasteiger partial charge in [0.1, 0.15) is 0 Å². The van der Waals surface area contributed by atoms with E-state index in [2.05, 4.69) is 16.9 Å². The monoisotopic (exact) mass is 262 g/mol. The zero-order valence-corrected chi connectivity index (χ0v) is 11.0. The molecule has 0 unspecified atom stereocenters. The molecule has 1 aromatic rings. The molecular weight excluding hydrogens is 244 g/mol. The standard InChI is InChI=1S/C14H18N2O3/c1-3-13(17)11-10-15-9-7-12(11)16-8-5-6-14(18)19-4-2/h3,7,9-10H,1,4-6,8H2,2H3,(H,15,16). The first-order valence-electron chi connectivity index (χ1n) is 6.19. The first kappa shape index (κ1) is 14.9. The SMILES string of the molecule is C=CC(=O)c1cnccc1NCCCC(=O)OCC. The fraction of sp³-hybridized carbons (Fsp3) is 0.357. The molecule has 0 aliphatic heterocycles. The number of carbonyl (C=O) groups excluding carboxylic acids is 2. The average Bonchev–Trinajstić information content (AvgIpc) is 2.43. The third-order valence-electron chi connectivity index (χ3n) is 2.45. The lowest BCUT2D eigenvalue weighted by molar-refractivity contribution is -0.143. The van der Waals surface area contributed by atoms with Crippen LogP contribution in [-0.2, 0) is 9.53 Å². The second-order valence-electron chi connectivity index (χ2n) is 3.82. The number of carbonyl (C=O) groups is 2. The van der Waals surface area contributed by atoms with Crippen LogP contribution in [0.25, 0.3) is 0 Å². The number of pyridine rings is 1. The van der Waals surface area contributed by atoms with E-state index in [1.54, 1.807) is 19.2 Å². The number of ketones is 1. The molecule has 1 rings (SSSR count). The van der Waals surface area contributed by atoms with Crippen molar-refractivity contribution < 1.29 is 14.3 Å². The maximum absolute atomic E-state index is 11.6. The van der Waals surface area contributed by atoms with E-state index in [4.69, 9.17) is 4.74 Å². The van der Waals surface area contributed by atoms with Crippen LogP contribution in [-0.4, -0.2) is 29.9 Å². The number of ether oxygens (including phenoxy) is 1. The van der Waals surface area contributed by atoms with Gasteiger partial charge in [-0.1, -0.05) is 6.58 Å². The lowest BCUT2D eigenvalue weighted by Crippen LogP contribution is -2.10. The second-order valence-corrected chi connectivity index (χ2v) is 3.82. The van der Waals surface area contributed by atoms with Gasteiger partial charge in [0.2, 0.25) is 0 Å². The highest BCUT2D eigenvalue weighted by Gasteiger charge is 2.08. The highest BCUT2D eigenvalue weighted by Crippen LogP contribution is 2.14. The first-order chi connectivity index (χ1) is 9.19. The maximum atomic E-state index is 11.6. The normalized spacial score (nSPS) is 9.74. The molecule has 1 N–H and O–H groups in total. The Morgan fingerprint density at radius 1 is 1.53 bits per heavy atom. The van der Waals surface area contributed by atoms with Gasteiger partial charge in [0.25, 0.3) is 0 Å². The summed E-state index contributed by atoms with van der Waals surface area (Å²) in [6.07, 6.45) is 5.35. The number of allylic oxidation sites excluding steroid dienone is 1. The number of nitrogens with one attached hydrogen (secondary N) is 1. The summed E-state index contributed by atoms with van der Waals surface area (Å²) in [4.78, 5) is 26.6. The van der Waals surface area contributed by atoms with E-state index in [0.29, 0.717) is 37.2 Å². The summed E-state index contributed by atoms with van der Waals surface area (Å²) in [5, 5.41) is 3.11. The van der Waals surface area contributed by atoms with Gasteiger partial charge in [0.05, 0.1) is 12.2 Å². The van der Waals surface area contributed by atoms with Crippen LogP contribution in [0.3, 0.4) is 0 Å². The van der Waals surface area contributed by atoms with Crippen molar-refractivity contribution in [3.8, 4) is 0 Å². The minimum Gasteiger partial charge on any atom is -0.466 e. The van der Waals surface area contributed by atoms with E-state index >= 15 is 0 Å². The van der Waals surface area contributed by atoms with Gasteiger partial charge < -0.3 is 10.1 Å². The topological polar surface area (TPSA) is 68.3 Å². The van der Waals surface area contributed by atoms with Crippen molar-refractivity contribution in [2.45, 2.75) is 19.8 Å². The Balaban J connectivity index is 2.47. The van der Waals surface area contributed by atoms with E-state index in [-0.39, 0.29) is 11.8 Å². The van der Waals surface area contributed by atoms with Gasteiger partial charge in [-0.15, -0.1) is 0 Å². The van der Waals surface area contributed by atoms with Gasteiger partial charge in [0, 0.05) is 31.0 Å². The van der Waals surface area contributed by atoms with Crippen LogP contribution < -0.4 is 5.32 Å². The van der Waals surface area contributed by atoms with E-state index in [1.807, 2.05) is 0 Å². The van der Waals surface area contributed by atoms with Crippen LogP contribution in [0.4, 0.5) is 5.69 Å². The van der Waals surface area contributed by atoms with Crippen LogP contribution in [0.5, 0.6) is 0 Å². The van der Waals surface area contributed by atoms with Crippen molar-refractivity contribution in [1.82, 2.24) is 4.98 Å². The molecule has 0 aliphatic carbocycles. The first-order valence-corrected chi connectivity index (χ1v) is 6.19. The van der Waals surface area contributed by atoms with Crippen molar-refractivity contribution in [2.75, 3.05) is 18.5 Å². The predicted octanol–water partition coefficient (Wildman–Crippen LogP) is 2.21. The molecule has 1 heterocycles. The molecule has 0 bridgehead atoms. The van der Waals surface area contributed by atoms with Gasteiger partial charge >= 0.3 is 5.97 Å². The highest BCUT2D eigenvalue weighted by molar-refractivity contribution is 6.07. The molecule has 5 heteroatoms. The Bertz CT molecular complexity index is 458. The number of aromatic nitrogens is 1. The largest absolute Gasteiger partial charge is 0.466 e. The molecule has 5 nitrogen and oxygen atoms in total. The summed E-state index contributed by atoms with van der Waals surface area (Å²) >= 11 is 0. The highest BCUT2D eigenvalue weighted by atomic mass is 16.5. The molecule has 1 aromatic heterocycles. The summed E-state index contributed by atoms with van der Waals surface area (Å²) in [5.41, 5.74) is 1.18. The third kappa shape index (κ3) is 4.91. The average molecular weight is 262 g/mol. The number of rotatable bonds is 8. The summed E-state index contributed by atoms with van der Waals surface area (Å²) in [7, 11) is 0. The molecule has 102 valence electrons. The molecule has 0 amide bonds. The minimum atomic E-state index is -0.207. The van der Waals surface area contributed by atoms with Gasteiger partial charge in [-0.25, -0.2) is 0 Å². The second kappa shape index (κ2) is 8.02. The molecule has 0 aliphatic rings. The zero-order valence-electron chi connectivity index (χ0n) is 11.0. The number of esters is 1. The Labute approximate surface area is 112 Å². The van der Waals surface area contributed by atoms with Gasteiger partial charge in [0.15, 0.2) is 5.78 Å². The van der Waals surface area contributed by atoms with Crippen molar-refractivity contribution in [2.24, 2.45) is 0 Å². The number of nitrogens with zero attached hydrogens (tertiary/aromatic N) is 1. The van der Waals surface area contributed by atoms with Crippen molar-refractivity contribution in [1.29, 1.82) is 0 Å².